The molecule has 0 amide bonds. The summed E-state index contributed by atoms with van der Waals surface area (Å²) in [6, 6.07) is 5.62. The van der Waals surface area contributed by atoms with E-state index in [4.69, 9.17) is 11.6 Å². The van der Waals surface area contributed by atoms with Gasteiger partial charge in [-0.05, 0) is 42.0 Å². The molecule has 2 atom stereocenters. The highest BCUT2D eigenvalue weighted by molar-refractivity contribution is 7.89. The van der Waals surface area contributed by atoms with Gasteiger partial charge in [-0.25, -0.2) is 12.8 Å². The van der Waals surface area contributed by atoms with Crippen molar-refractivity contribution in [1.82, 2.24) is 14.5 Å². The molecule has 1 aliphatic rings. The lowest BCUT2D eigenvalue weighted by atomic mass is 10.0. The molecule has 0 saturated carbocycles. The van der Waals surface area contributed by atoms with Crippen LogP contribution in [-0.4, -0.2) is 29.1 Å². The molecule has 4 rings (SSSR count). The number of H-pyrrole nitrogens is 1. The Hall–Kier alpha value is -2.43. The molecule has 0 aliphatic carbocycles. The van der Waals surface area contributed by atoms with Crippen LogP contribution in [0.2, 0.25) is 5.02 Å². The zero-order valence-electron chi connectivity index (χ0n) is 14.4. The highest BCUT2D eigenvalue weighted by Crippen LogP contribution is 2.53. The first-order chi connectivity index (χ1) is 13.6. The molecule has 1 N–H and O–H groups in total. The highest BCUT2D eigenvalue weighted by atomic mass is 35.5. The van der Waals surface area contributed by atoms with Gasteiger partial charge in [0.25, 0.3) is 0 Å². The third-order valence-corrected chi connectivity index (χ3v) is 6.76. The number of aromatic nitrogens is 2. The van der Waals surface area contributed by atoms with Crippen LogP contribution in [-0.2, 0) is 10.0 Å². The number of sulfonamides is 1. The largest absolute Gasteiger partial charge is 0.409 e. The van der Waals surface area contributed by atoms with E-state index in [9.17, 15) is 26.0 Å². The normalized spacial score (nSPS) is 20.0. The van der Waals surface area contributed by atoms with Crippen LogP contribution in [0, 0.1) is 5.82 Å². The fourth-order valence-corrected chi connectivity index (χ4v) is 5.31. The molecular formula is C18H12ClF4N3O2S. The second-order valence-corrected chi connectivity index (χ2v) is 8.71. The standard InChI is InChI=1S/C18H12ClF4N3O2S/c19-11-3-7-13(8-4-11)29(27,28)26-16(10-1-5-12(20)6-2-10)15-14(9-24-25-15)17(26)18(21,22)23/h1-9,16-17H,(H,24,25). The van der Waals surface area contributed by atoms with E-state index in [0.29, 0.717) is 4.31 Å². The summed E-state index contributed by atoms with van der Waals surface area (Å²) in [5, 5.41) is 6.38. The lowest BCUT2D eigenvalue weighted by Crippen LogP contribution is -2.40. The smallest absolute Gasteiger partial charge is 0.280 e. The summed E-state index contributed by atoms with van der Waals surface area (Å²) in [6.07, 6.45) is -3.95. The van der Waals surface area contributed by atoms with Crippen molar-refractivity contribution < 1.29 is 26.0 Å². The van der Waals surface area contributed by atoms with Crippen LogP contribution in [0.3, 0.4) is 0 Å². The fraction of sp³-hybridized carbons (Fsp3) is 0.167. The number of alkyl halides is 3. The van der Waals surface area contributed by atoms with Crippen LogP contribution < -0.4 is 0 Å². The maximum absolute atomic E-state index is 14.0. The van der Waals surface area contributed by atoms with Gasteiger partial charge < -0.3 is 0 Å². The minimum absolute atomic E-state index is 0.0172. The summed E-state index contributed by atoms with van der Waals surface area (Å²) in [5.74, 6) is -0.601. The number of halogens is 5. The Morgan fingerprint density at radius 1 is 1.03 bits per heavy atom. The van der Waals surface area contributed by atoms with E-state index in [1.807, 2.05) is 0 Å². The number of nitrogens with zero attached hydrogens (tertiary/aromatic N) is 2. The topological polar surface area (TPSA) is 66.1 Å². The molecule has 5 nitrogen and oxygen atoms in total. The molecular weight excluding hydrogens is 434 g/mol. The number of nitrogens with one attached hydrogen (secondary N) is 1. The Morgan fingerprint density at radius 3 is 2.24 bits per heavy atom. The first-order valence-corrected chi connectivity index (χ1v) is 10.1. The number of hydrogen-bond acceptors (Lipinski definition) is 3. The lowest BCUT2D eigenvalue weighted by molar-refractivity contribution is -0.172. The van der Waals surface area contributed by atoms with Gasteiger partial charge in [-0.15, -0.1) is 0 Å². The third-order valence-electron chi connectivity index (χ3n) is 4.66. The predicted molar refractivity (Wildman–Crippen MR) is 96.1 cm³/mol. The summed E-state index contributed by atoms with van der Waals surface area (Å²) in [4.78, 5) is -0.346. The molecule has 29 heavy (non-hydrogen) atoms. The summed E-state index contributed by atoms with van der Waals surface area (Å²) in [6.45, 7) is 0. The van der Waals surface area contributed by atoms with Gasteiger partial charge in [-0.3, -0.25) is 5.10 Å². The Morgan fingerprint density at radius 2 is 1.66 bits per heavy atom. The molecule has 2 heterocycles. The van der Waals surface area contributed by atoms with E-state index in [1.54, 1.807) is 0 Å². The van der Waals surface area contributed by atoms with Crippen molar-refractivity contribution in [1.29, 1.82) is 0 Å². The van der Waals surface area contributed by atoms with Gasteiger partial charge in [0.1, 0.15) is 5.82 Å². The molecule has 1 aliphatic heterocycles. The van der Waals surface area contributed by atoms with E-state index in [2.05, 4.69) is 10.2 Å². The monoisotopic (exact) mass is 445 g/mol. The van der Waals surface area contributed by atoms with Gasteiger partial charge in [0.05, 0.1) is 22.8 Å². The molecule has 152 valence electrons. The summed E-state index contributed by atoms with van der Waals surface area (Å²) in [7, 11) is -4.62. The maximum atomic E-state index is 14.0. The molecule has 0 radical (unpaired) electrons. The zero-order valence-corrected chi connectivity index (χ0v) is 15.9. The van der Waals surface area contributed by atoms with Gasteiger partial charge >= 0.3 is 6.18 Å². The second-order valence-electron chi connectivity index (χ2n) is 6.43. The van der Waals surface area contributed by atoms with E-state index in [1.165, 1.54) is 24.3 Å². The van der Waals surface area contributed by atoms with E-state index < -0.39 is 34.1 Å². The van der Waals surface area contributed by atoms with Crippen molar-refractivity contribution in [3.63, 3.8) is 0 Å². The molecule has 0 saturated heterocycles. The summed E-state index contributed by atoms with van der Waals surface area (Å²) in [5.41, 5.74) is -0.151. The summed E-state index contributed by atoms with van der Waals surface area (Å²) >= 11 is 5.78. The quantitative estimate of drug-likeness (QED) is 0.599. The lowest BCUT2D eigenvalue weighted by Gasteiger charge is -2.31. The van der Waals surface area contributed by atoms with Crippen LogP contribution in [0.5, 0.6) is 0 Å². The van der Waals surface area contributed by atoms with Gasteiger partial charge in [0.15, 0.2) is 6.04 Å². The van der Waals surface area contributed by atoms with Gasteiger partial charge in [-0.2, -0.15) is 22.6 Å². The highest BCUT2D eigenvalue weighted by Gasteiger charge is 2.58. The third kappa shape index (κ3) is 3.30. The van der Waals surface area contributed by atoms with Gasteiger partial charge in [-0.1, -0.05) is 23.7 Å². The maximum Gasteiger partial charge on any atom is 0.409 e. The van der Waals surface area contributed by atoms with Crippen molar-refractivity contribution in [2.45, 2.75) is 23.2 Å². The Labute approximate surface area is 168 Å². The molecule has 11 heteroatoms. The molecule has 0 fully saturated rings. The SMILES string of the molecule is O=S(=O)(c1ccc(Cl)cc1)N1C(c2ccc(F)cc2)c2[nH]ncc2C1C(F)(F)F. The number of aromatic amines is 1. The number of hydrogen-bond donors (Lipinski definition) is 1. The Kier molecular flexibility index (Phi) is 4.67. The molecule has 3 aromatic rings. The minimum Gasteiger partial charge on any atom is -0.280 e. The summed E-state index contributed by atoms with van der Waals surface area (Å²) < 4.78 is 82.3. The van der Waals surface area contributed by atoms with Crippen molar-refractivity contribution in [3.8, 4) is 0 Å². The van der Waals surface area contributed by atoms with Crippen molar-refractivity contribution in [2.75, 3.05) is 0 Å². The predicted octanol–water partition coefficient (Wildman–Crippen LogP) is 4.60. The molecule has 1 aromatic heterocycles. The average Bonchev–Trinajstić information content (AvgIpc) is 3.22. The van der Waals surface area contributed by atoms with Crippen LogP contribution in [0.25, 0.3) is 0 Å². The number of fused-ring (bicyclic) bond motifs is 1. The van der Waals surface area contributed by atoms with Gasteiger partial charge in [0.2, 0.25) is 10.0 Å². The number of benzene rings is 2. The van der Waals surface area contributed by atoms with Crippen LogP contribution >= 0.6 is 11.6 Å². The van der Waals surface area contributed by atoms with Crippen molar-refractivity contribution in [3.05, 3.63) is 82.4 Å². The van der Waals surface area contributed by atoms with Crippen molar-refractivity contribution in [2.24, 2.45) is 0 Å². The average molecular weight is 446 g/mol. The minimum atomic E-state index is -4.91. The van der Waals surface area contributed by atoms with E-state index in [0.717, 1.165) is 30.5 Å². The first-order valence-electron chi connectivity index (χ1n) is 8.25. The molecule has 2 aromatic carbocycles. The van der Waals surface area contributed by atoms with Gasteiger partial charge in [0, 0.05) is 10.6 Å². The van der Waals surface area contributed by atoms with Crippen molar-refractivity contribution >= 4 is 21.6 Å². The van der Waals surface area contributed by atoms with E-state index >= 15 is 0 Å². The number of rotatable bonds is 3. The van der Waals surface area contributed by atoms with Crippen LogP contribution in [0.4, 0.5) is 17.6 Å². The molecule has 0 spiro atoms. The fourth-order valence-electron chi connectivity index (χ4n) is 3.44. The zero-order chi connectivity index (χ0) is 21.0. The molecule has 0 bridgehead atoms. The Balaban J connectivity index is 1.94. The second kappa shape index (κ2) is 6.82. The van der Waals surface area contributed by atoms with E-state index in [-0.39, 0.29) is 26.7 Å². The molecule has 2 unspecified atom stereocenters. The van der Waals surface area contributed by atoms with Crippen LogP contribution in [0.15, 0.2) is 59.6 Å². The van der Waals surface area contributed by atoms with Crippen LogP contribution in [0.1, 0.15) is 28.9 Å². The first kappa shape index (κ1) is 19.9. The Bertz CT molecular complexity index is 1150.